The first kappa shape index (κ1) is 11.2. The summed E-state index contributed by atoms with van der Waals surface area (Å²) in [5.41, 5.74) is 2.75. The van der Waals surface area contributed by atoms with E-state index in [0.29, 0.717) is 0 Å². The number of aryl methyl sites for hydroxylation is 1. The van der Waals surface area contributed by atoms with E-state index in [1.54, 1.807) is 0 Å². The van der Waals surface area contributed by atoms with Crippen LogP contribution in [-0.2, 0) is 6.42 Å². The third kappa shape index (κ3) is 4.38. The second kappa shape index (κ2) is 4.56. The van der Waals surface area contributed by atoms with Gasteiger partial charge in [0.1, 0.15) is 0 Å². The standard InChI is InChI=1S/C12H20N2/c1-10-7-11(9-13-8-10)5-6-14-12(2,3)4/h7-9,14H,5-6H2,1-4H3. The molecule has 0 radical (unpaired) electrons. The Hall–Kier alpha value is -0.890. The first-order valence-corrected chi connectivity index (χ1v) is 5.13. The summed E-state index contributed by atoms with van der Waals surface area (Å²) in [6.45, 7) is 9.63. The molecule has 0 aliphatic carbocycles. The van der Waals surface area contributed by atoms with Crippen molar-refractivity contribution in [2.75, 3.05) is 6.54 Å². The minimum Gasteiger partial charge on any atom is -0.312 e. The Labute approximate surface area is 86.8 Å². The van der Waals surface area contributed by atoms with Crippen LogP contribution >= 0.6 is 0 Å². The number of nitrogens with zero attached hydrogens (tertiary/aromatic N) is 1. The molecule has 1 aromatic heterocycles. The lowest BCUT2D eigenvalue weighted by Crippen LogP contribution is -2.37. The largest absolute Gasteiger partial charge is 0.312 e. The number of hydrogen-bond acceptors (Lipinski definition) is 2. The van der Waals surface area contributed by atoms with Crippen LogP contribution in [0.15, 0.2) is 18.5 Å². The second-order valence-electron chi connectivity index (χ2n) is 4.80. The van der Waals surface area contributed by atoms with Gasteiger partial charge in [-0.1, -0.05) is 6.07 Å². The van der Waals surface area contributed by atoms with Crippen LogP contribution in [0.3, 0.4) is 0 Å². The van der Waals surface area contributed by atoms with Crippen molar-refractivity contribution in [3.05, 3.63) is 29.6 Å². The summed E-state index contributed by atoms with van der Waals surface area (Å²) >= 11 is 0. The fourth-order valence-electron chi connectivity index (χ4n) is 1.34. The molecule has 0 saturated carbocycles. The Morgan fingerprint density at radius 3 is 2.57 bits per heavy atom. The summed E-state index contributed by atoms with van der Waals surface area (Å²) in [5, 5.41) is 3.46. The fourth-order valence-corrected chi connectivity index (χ4v) is 1.34. The minimum absolute atomic E-state index is 0.206. The van der Waals surface area contributed by atoms with Gasteiger partial charge in [-0.25, -0.2) is 0 Å². The molecule has 2 nitrogen and oxygen atoms in total. The molecule has 0 saturated heterocycles. The van der Waals surface area contributed by atoms with Crippen LogP contribution in [0.2, 0.25) is 0 Å². The van der Waals surface area contributed by atoms with Gasteiger partial charge in [0.2, 0.25) is 0 Å². The molecule has 2 heteroatoms. The molecule has 14 heavy (non-hydrogen) atoms. The van der Waals surface area contributed by atoms with Gasteiger partial charge in [0.15, 0.2) is 0 Å². The van der Waals surface area contributed by atoms with Gasteiger partial charge in [0, 0.05) is 17.9 Å². The third-order valence-electron chi connectivity index (χ3n) is 2.00. The highest BCUT2D eigenvalue weighted by molar-refractivity contribution is 5.16. The van der Waals surface area contributed by atoms with Gasteiger partial charge < -0.3 is 5.32 Å². The van der Waals surface area contributed by atoms with Crippen LogP contribution in [-0.4, -0.2) is 17.1 Å². The van der Waals surface area contributed by atoms with E-state index >= 15 is 0 Å². The molecule has 1 aromatic rings. The van der Waals surface area contributed by atoms with E-state index in [9.17, 15) is 0 Å². The monoisotopic (exact) mass is 192 g/mol. The van der Waals surface area contributed by atoms with E-state index in [1.165, 1.54) is 11.1 Å². The molecule has 0 amide bonds. The summed E-state index contributed by atoms with van der Waals surface area (Å²) in [6, 6.07) is 2.19. The molecular weight excluding hydrogens is 172 g/mol. The molecule has 0 aromatic carbocycles. The van der Waals surface area contributed by atoms with Crippen molar-refractivity contribution >= 4 is 0 Å². The Bertz CT molecular complexity index is 287. The van der Waals surface area contributed by atoms with Crippen LogP contribution in [0.25, 0.3) is 0 Å². The molecule has 0 aliphatic rings. The zero-order valence-corrected chi connectivity index (χ0v) is 9.59. The number of rotatable bonds is 3. The molecule has 0 bridgehead atoms. The molecule has 78 valence electrons. The molecule has 1 N–H and O–H groups in total. The van der Waals surface area contributed by atoms with Crippen LogP contribution in [0, 0.1) is 6.92 Å². The molecule has 0 atom stereocenters. The van der Waals surface area contributed by atoms with Gasteiger partial charge in [-0.2, -0.15) is 0 Å². The van der Waals surface area contributed by atoms with Gasteiger partial charge in [-0.3, -0.25) is 4.98 Å². The normalized spacial score (nSPS) is 11.7. The lowest BCUT2D eigenvalue weighted by Gasteiger charge is -2.20. The van der Waals surface area contributed by atoms with Gasteiger partial charge in [-0.15, -0.1) is 0 Å². The van der Waals surface area contributed by atoms with Crippen molar-refractivity contribution in [2.24, 2.45) is 0 Å². The number of nitrogens with one attached hydrogen (secondary N) is 1. The zero-order valence-electron chi connectivity index (χ0n) is 9.59. The summed E-state index contributed by atoms with van der Waals surface area (Å²) in [6.07, 6.45) is 4.88. The second-order valence-corrected chi connectivity index (χ2v) is 4.80. The highest BCUT2D eigenvalue weighted by Crippen LogP contribution is 2.03. The van der Waals surface area contributed by atoms with Crippen molar-refractivity contribution in [2.45, 2.75) is 39.7 Å². The van der Waals surface area contributed by atoms with E-state index in [-0.39, 0.29) is 5.54 Å². The molecule has 0 spiro atoms. The molecule has 1 heterocycles. The van der Waals surface area contributed by atoms with E-state index in [2.05, 4.69) is 44.1 Å². The summed E-state index contributed by atoms with van der Waals surface area (Å²) in [5.74, 6) is 0. The van der Waals surface area contributed by atoms with Crippen LogP contribution in [0.1, 0.15) is 31.9 Å². The number of aromatic nitrogens is 1. The van der Waals surface area contributed by atoms with Crippen LogP contribution < -0.4 is 5.32 Å². The number of hydrogen-bond donors (Lipinski definition) is 1. The maximum absolute atomic E-state index is 4.17. The lowest BCUT2D eigenvalue weighted by molar-refractivity contribution is 0.429. The van der Waals surface area contributed by atoms with Crippen molar-refractivity contribution in [3.8, 4) is 0 Å². The average Bonchev–Trinajstić information content (AvgIpc) is 2.01. The van der Waals surface area contributed by atoms with E-state index in [0.717, 1.165) is 13.0 Å². The van der Waals surface area contributed by atoms with Crippen LogP contribution in [0.5, 0.6) is 0 Å². The summed E-state index contributed by atoms with van der Waals surface area (Å²) in [7, 11) is 0. The van der Waals surface area contributed by atoms with Gasteiger partial charge >= 0.3 is 0 Å². The lowest BCUT2D eigenvalue weighted by atomic mass is 10.1. The molecule has 0 fully saturated rings. The maximum Gasteiger partial charge on any atom is 0.0300 e. The Morgan fingerprint density at radius 1 is 1.29 bits per heavy atom. The van der Waals surface area contributed by atoms with Crippen molar-refractivity contribution in [1.82, 2.24) is 10.3 Å². The zero-order chi connectivity index (χ0) is 10.6. The SMILES string of the molecule is Cc1cncc(CCNC(C)(C)C)c1. The quantitative estimate of drug-likeness (QED) is 0.795. The topological polar surface area (TPSA) is 24.9 Å². The predicted octanol–water partition coefficient (Wildman–Crippen LogP) is 2.32. The Balaban J connectivity index is 2.39. The predicted molar refractivity (Wildman–Crippen MR) is 60.4 cm³/mol. The first-order valence-electron chi connectivity index (χ1n) is 5.13. The van der Waals surface area contributed by atoms with E-state index < -0.39 is 0 Å². The highest BCUT2D eigenvalue weighted by atomic mass is 14.9. The smallest absolute Gasteiger partial charge is 0.0300 e. The molecule has 0 unspecified atom stereocenters. The fraction of sp³-hybridized carbons (Fsp3) is 0.583. The Morgan fingerprint density at radius 2 is 2.00 bits per heavy atom. The average molecular weight is 192 g/mol. The van der Waals surface area contributed by atoms with Crippen molar-refractivity contribution in [1.29, 1.82) is 0 Å². The Kier molecular flexibility index (Phi) is 3.64. The first-order chi connectivity index (χ1) is 6.47. The summed E-state index contributed by atoms with van der Waals surface area (Å²) < 4.78 is 0. The summed E-state index contributed by atoms with van der Waals surface area (Å²) in [4.78, 5) is 4.17. The van der Waals surface area contributed by atoms with Gasteiger partial charge in [0.25, 0.3) is 0 Å². The minimum atomic E-state index is 0.206. The van der Waals surface area contributed by atoms with E-state index in [1.807, 2.05) is 12.4 Å². The molecule has 0 aliphatic heterocycles. The van der Waals surface area contributed by atoms with Crippen molar-refractivity contribution in [3.63, 3.8) is 0 Å². The maximum atomic E-state index is 4.17. The molecular formula is C12H20N2. The number of pyridine rings is 1. The van der Waals surface area contributed by atoms with E-state index in [4.69, 9.17) is 0 Å². The molecule has 1 rings (SSSR count). The highest BCUT2D eigenvalue weighted by Gasteiger charge is 2.07. The van der Waals surface area contributed by atoms with Gasteiger partial charge in [-0.05, 0) is 51.8 Å². The van der Waals surface area contributed by atoms with Crippen LogP contribution in [0.4, 0.5) is 0 Å². The third-order valence-corrected chi connectivity index (χ3v) is 2.00. The van der Waals surface area contributed by atoms with Gasteiger partial charge in [0.05, 0.1) is 0 Å². The van der Waals surface area contributed by atoms with Crippen molar-refractivity contribution < 1.29 is 0 Å².